The van der Waals surface area contributed by atoms with Crippen molar-refractivity contribution in [3.05, 3.63) is 58.4 Å². The maximum atomic E-state index is 14.6. The molecule has 2 aromatic heterocycles. The van der Waals surface area contributed by atoms with Crippen LogP contribution >= 0.6 is 7.60 Å². The molecule has 0 atom stereocenters. The Morgan fingerprint density at radius 2 is 1.87 bits per heavy atom. The Hall–Kier alpha value is -3.28. The Labute approximate surface area is 216 Å². The fraction of sp³-hybridized carbons (Fsp3) is 0.360. The summed E-state index contributed by atoms with van der Waals surface area (Å²) in [7, 11) is -4.76. The van der Waals surface area contributed by atoms with Gasteiger partial charge < -0.3 is 24.0 Å². The number of morpholine rings is 1. The number of imidazole rings is 1. The van der Waals surface area contributed by atoms with E-state index in [2.05, 4.69) is 9.88 Å². The lowest BCUT2D eigenvalue weighted by Crippen LogP contribution is -2.37. The summed E-state index contributed by atoms with van der Waals surface area (Å²) >= 11 is 0. The van der Waals surface area contributed by atoms with Crippen molar-refractivity contribution in [3.8, 4) is 11.5 Å². The van der Waals surface area contributed by atoms with Crippen LogP contribution in [0.5, 0.6) is 11.5 Å². The number of ether oxygens (including phenoxy) is 3. The molecule has 4 aromatic rings. The van der Waals surface area contributed by atoms with Crippen molar-refractivity contribution >= 4 is 34.8 Å². The monoisotopic (exact) mass is 544 g/mol. The quantitative estimate of drug-likeness (QED) is 0.335. The molecule has 0 radical (unpaired) electrons. The smallest absolute Gasteiger partial charge is 0.359 e. The number of aryl methyl sites for hydroxylation is 1. The molecular weight excluding hydrogens is 518 g/mol. The van der Waals surface area contributed by atoms with Crippen molar-refractivity contribution in [1.29, 1.82) is 0 Å². The van der Waals surface area contributed by atoms with Gasteiger partial charge in [-0.3, -0.25) is 18.6 Å². The molecule has 6 rings (SSSR count). The summed E-state index contributed by atoms with van der Waals surface area (Å²) in [6.07, 6.45) is 2.38. The number of pyridine rings is 1. The van der Waals surface area contributed by atoms with Crippen LogP contribution in [-0.2, 0) is 22.4 Å². The molecule has 0 amide bonds. The van der Waals surface area contributed by atoms with E-state index in [0.717, 1.165) is 38.2 Å². The van der Waals surface area contributed by atoms with Gasteiger partial charge in [0, 0.05) is 31.6 Å². The average molecular weight is 544 g/mol. The zero-order chi connectivity index (χ0) is 26.4. The zero-order valence-corrected chi connectivity index (χ0v) is 21.3. The van der Waals surface area contributed by atoms with E-state index in [9.17, 15) is 23.5 Å². The first-order valence-electron chi connectivity index (χ1n) is 12.3. The number of halogens is 1. The molecule has 2 aromatic carbocycles. The number of hydrogen-bond donors (Lipinski definition) is 2. The second-order valence-electron chi connectivity index (χ2n) is 9.35. The second kappa shape index (κ2) is 9.79. The van der Waals surface area contributed by atoms with Gasteiger partial charge in [0.15, 0.2) is 11.5 Å². The Bertz CT molecular complexity index is 1640. The lowest BCUT2D eigenvalue weighted by molar-refractivity contribution is 0.0369. The Morgan fingerprint density at radius 1 is 1.05 bits per heavy atom. The van der Waals surface area contributed by atoms with Gasteiger partial charge in [-0.1, -0.05) is 6.07 Å². The van der Waals surface area contributed by atoms with E-state index in [-0.39, 0.29) is 19.0 Å². The minimum atomic E-state index is -4.76. The number of nitrogens with zero attached hydrogens (tertiary/aromatic N) is 4. The maximum absolute atomic E-state index is 14.6. The largest absolute Gasteiger partial charge is 0.454 e. The summed E-state index contributed by atoms with van der Waals surface area (Å²) in [6, 6.07) is 7.13. The molecule has 2 aliphatic rings. The molecular formula is C25H26FN4O7P. The van der Waals surface area contributed by atoms with Crippen LogP contribution in [0.1, 0.15) is 12.0 Å². The third kappa shape index (κ3) is 4.48. The zero-order valence-electron chi connectivity index (χ0n) is 20.4. The van der Waals surface area contributed by atoms with Gasteiger partial charge in [-0.15, -0.1) is 0 Å². The van der Waals surface area contributed by atoms with Crippen LogP contribution in [0, 0.1) is 5.82 Å². The first-order chi connectivity index (χ1) is 18.3. The summed E-state index contributed by atoms with van der Waals surface area (Å²) in [4.78, 5) is 39.4. The summed E-state index contributed by atoms with van der Waals surface area (Å²) in [5.41, 5.74) is 1.91. The SMILES string of the molecule is O=c1n(CCCN2CCOCC2)c2cnc3c4c(ccc3c2n1Cc1ccc(P(=O)(O)O)c(F)c1)OCO4. The van der Waals surface area contributed by atoms with E-state index in [0.29, 0.717) is 58.8 Å². The summed E-state index contributed by atoms with van der Waals surface area (Å²) in [6.45, 7) is 4.45. The molecule has 2 N–H and O–H groups in total. The number of hydrogen-bond acceptors (Lipinski definition) is 7. The van der Waals surface area contributed by atoms with E-state index in [1.807, 2.05) is 6.07 Å². The lowest BCUT2D eigenvalue weighted by Gasteiger charge is -2.26. The van der Waals surface area contributed by atoms with Crippen LogP contribution in [0.3, 0.4) is 0 Å². The van der Waals surface area contributed by atoms with Crippen LogP contribution in [0.25, 0.3) is 21.9 Å². The predicted octanol–water partition coefficient (Wildman–Crippen LogP) is 1.79. The highest BCUT2D eigenvalue weighted by Crippen LogP contribution is 2.40. The van der Waals surface area contributed by atoms with Crippen LogP contribution in [-0.4, -0.2) is 68.4 Å². The fourth-order valence-corrected chi connectivity index (χ4v) is 5.75. The molecule has 1 saturated heterocycles. The van der Waals surface area contributed by atoms with Crippen LogP contribution in [0.2, 0.25) is 0 Å². The minimum Gasteiger partial charge on any atom is -0.454 e. The number of aromatic nitrogens is 3. The van der Waals surface area contributed by atoms with E-state index >= 15 is 0 Å². The summed E-state index contributed by atoms with van der Waals surface area (Å²) in [5.74, 6) is 0.0480. The lowest BCUT2D eigenvalue weighted by atomic mass is 10.1. The summed E-state index contributed by atoms with van der Waals surface area (Å²) < 4.78 is 45.9. The molecule has 11 nitrogen and oxygen atoms in total. The van der Waals surface area contributed by atoms with Gasteiger partial charge in [0.25, 0.3) is 0 Å². The molecule has 2 aliphatic heterocycles. The van der Waals surface area contributed by atoms with Crippen molar-refractivity contribution in [2.75, 3.05) is 39.6 Å². The first kappa shape index (κ1) is 25.0. The molecule has 0 spiro atoms. The molecule has 0 aliphatic carbocycles. The highest BCUT2D eigenvalue weighted by atomic mass is 31.2. The molecule has 1 fully saturated rings. The van der Waals surface area contributed by atoms with Gasteiger partial charge in [0.1, 0.15) is 11.3 Å². The number of fused-ring (bicyclic) bond motifs is 5. The fourth-order valence-electron chi connectivity index (χ4n) is 5.13. The van der Waals surface area contributed by atoms with E-state index < -0.39 is 18.7 Å². The van der Waals surface area contributed by atoms with Crippen LogP contribution in [0.15, 0.2) is 41.3 Å². The van der Waals surface area contributed by atoms with Gasteiger partial charge in [-0.2, -0.15) is 0 Å². The molecule has 13 heteroatoms. The standard InChI is InChI=1S/C25H26FN4O7P/c26-18-12-16(2-5-21(18)38(32,33)34)14-30-23-17-3-4-20-24(37-15-36-20)22(17)27-13-19(23)29(25(30)31)7-1-6-28-8-10-35-11-9-28/h2-5,12-13H,1,6-11,14-15H2,(H2,32,33,34). The topological polar surface area (TPSA) is 128 Å². The predicted molar refractivity (Wildman–Crippen MR) is 137 cm³/mol. The van der Waals surface area contributed by atoms with Gasteiger partial charge in [0.2, 0.25) is 6.79 Å². The maximum Gasteiger partial charge on any atom is 0.359 e. The van der Waals surface area contributed by atoms with E-state index in [1.54, 1.807) is 21.4 Å². The Morgan fingerprint density at radius 3 is 2.63 bits per heavy atom. The highest BCUT2D eigenvalue weighted by molar-refractivity contribution is 7.60. The third-order valence-corrected chi connectivity index (χ3v) is 7.97. The van der Waals surface area contributed by atoms with Gasteiger partial charge in [-0.05, 0) is 36.2 Å². The van der Waals surface area contributed by atoms with E-state index in [4.69, 9.17) is 14.2 Å². The molecule has 0 saturated carbocycles. The van der Waals surface area contributed by atoms with Crippen molar-refractivity contribution < 1.29 is 33.0 Å². The average Bonchev–Trinajstić information content (AvgIpc) is 3.47. The molecule has 0 bridgehead atoms. The van der Waals surface area contributed by atoms with Gasteiger partial charge in [-0.25, -0.2) is 14.2 Å². The second-order valence-corrected chi connectivity index (χ2v) is 10.9. The first-order valence-corrected chi connectivity index (χ1v) is 13.9. The molecule has 0 unspecified atom stereocenters. The minimum absolute atomic E-state index is 0.00227. The number of benzene rings is 2. The van der Waals surface area contributed by atoms with Crippen LogP contribution in [0.4, 0.5) is 4.39 Å². The Balaban J connectivity index is 1.43. The van der Waals surface area contributed by atoms with Gasteiger partial charge >= 0.3 is 13.3 Å². The van der Waals surface area contributed by atoms with Crippen molar-refractivity contribution in [3.63, 3.8) is 0 Å². The van der Waals surface area contributed by atoms with Crippen molar-refractivity contribution in [2.24, 2.45) is 0 Å². The highest BCUT2D eigenvalue weighted by Gasteiger charge is 2.25. The van der Waals surface area contributed by atoms with E-state index in [1.165, 1.54) is 6.07 Å². The normalized spacial score (nSPS) is 16.1. The third-order valence-electron chi connectivity index (χ3n) is 6.98. The van der Waals surface area contributed by atoms with Gasteiger partial charge in [0.05, 0.1) is 42.3 Å². The molecule has 38 heavy (non-hydrogen) atoms. The molecule has 200 valence electrons. The van der Waals surface area contributed by atoms with Crippen molar-refractivity contribution in [1.82, 2.24) is 19.0 Å². The molecule has 4 heterocycles. The summed E-state index contributed by atoms with van der Waals surface area (Å²) in [5, 5.41) is 0.00425. The Kier molecular flexibility index (Phi) is 6.45. The van der Waals surface area contributed by atoms with Crippen LogP contribution < -0.4 is 20.5 Å². The van der Waals surface area contributed by atoms with Crippen molar-refractivity contribution in [2.45, 2.75) is 19.5 Å². The number of rotatable bonds is 7.